The highest BCUT2D eigenvalue weighted by atomic mass is 16.6. The summed E-state index contributed by atoms with van der Waals surface area (Å²) in [6.45, 7) is 1.50. The Balaban J connectivity index is 1.94. The third-order valence-electron chi connectivity index (χ3n) is 5.80. The monoisotopic (exact) mass is 381 g/mol. The Morgan fingerprint density at radius 1 is 1.18 bits per heavy atom. The summed E-state index contributed by atoms with van der Waals surface area (Å²) in [6.07, 6.45) is 0. The molecule has 0 amide bonds. The van der Waals surface area contributed by atoms with Crippen LogP contribution in [0.5, 0.6) is 5.75 Å². The van der Waals surface area contributed by atoms with Crippen LogP contribution >= 0.6 is 0 Å². The Morgan fingerprint density at radius 2 is 1.86 bits per heavy atom. The normalized spacial score (nSPS) is 27.1. The predicted octanol–water partition coefficient (Wildman–Crippen LogP) is 2.66. The van der Waals surface area contributed by atoms with Crippen molar-refractivity contribution in [3.8, 4) is 5.75 Å². The van der Waals surface area contributed by atoms with Crippen LogP contribution in [0, 0.1) is 20.9 Å². The van der Waals surface area contributed by atoms with E-state index in [0.717, 1.165) is 7.11 Å². The van der Waals surface area contributed by atoms with Gasteiger partial charge in [-0.05, 0) is 13.0 Å². The number of fused-ring (bicyclic) bond motifs is 3. The number of ketones is 1. The summed E-state index contributed by atoms with van der Waals surface area (Å²) in [6, 6.07) is 12.0. The Labute approximate surface area is 159 Å². The first-order valence-electron chi connectivity index (χ1n) is 8.49. The topological polar surface area (TPSA) is 113 Å². The number of non-ortho nitro benzene ring substituents is 1. The number of carbonyl (C=O) groups is 3. The first kappa shape index (κ1) is 17.8. The zero-order valence-corrected chi connectivity index (χ0v) is 15.0. The molecule has 4 rings (SSSR count). The average molecular weight is 381 g/mol. The number of carbonyl (C=O) groups excluding carboxylic acids is 3. The van der Waals surface area contributed by atoms with Gasteiger partial charge in [-0.1, -0.05) is 30.3 Å². The van der Waals surface area contributed by atoms with Gasteiger partial charge in [-0.15, -0.1) is 0 Å². The van der Waals surface area contributed by atoms with Crippen molar-refractivity contribution >= 4 is 23.4 Å². The minimum absolute atomic E-state index is 0.102. The molecule has 8 heteroatoms. The van der Waals surface area contributed by atoms with Gasteiger partial charge in [0, 0.05) is 29.2 Å². The second-order valence-electron chi connectivity index (χ2n) is 7.00. The van der Waals surface area contributed by atoms with Crippen LogP contribution < -0.4 is 4.74 Å². The molecule has 2 aliphatic rings. The Hall–Kier alpha value is -3.55. The molecule has 3 atom stereocenters. The molecule has 0 aromatic heterocycles. The van der Waals surface area contributed by atoms with Crippen LogP contribution in [0.25, 0.3) is 0 Å². The number of hydrogen-bond donors (Lipinski definition) is 0. The molecule has 0 bridgehead atoms. The van der Waals surface area contributed by atoms with E-state index in [0.29, 0.717) is 5.56 Å². The number of benzene rings is 2. The maximum Gasteiger partial charge on any atom is 0.330 e. The maximum absolute atomic E-state index is 13.3. The molecular weight excluding hydrogens is 366 g/mol. The van der Waals surface area contributed by atoms with Crippen molar-refractivity contribution < 1.29 is 28.8 Å². The van der Waals surface area contributed by atoms with E-state index in [1.165, 1.54) is 25.1 Å². The van der Waals surface area contributed by atoms with Gasteiger partial charge in [-0.25, -0.2) is 0 Å². The highest BCUT2D eigenvalue weighted by Crippen LogP contribution is 2.78. The summed E-state index contributed by atoms with van der Waals surface area (Å²) in [5.41, 5.74) is -3.00. The number of nitro benzene ring substituents is 1. The molecular formula is C20H15NO7. The lowest BCUT2D eigenvalue weighted by Gasteiger charge is -2.21. The molecule has 1 saturated carbocycles. The minimum Gasteiger partial charge on any atom is -0.468 e. The van der Waals surface area contributed by atoms with Crippen LogP contribution in [0.1, 0.15) is 28.8 Å². The van der Waals surface area contributed by atoms with Crippen molar-refractivity contribution in [3.05, 3.63) is 69.8 Å². The Bertz CT molecular complexity index is 1050. The zero-order valence-electron chi connectivity index (χ0n) is 15.0. The molecule has 1 heterocycles. The summed E-state index contributed by atoms with van der Waals surface area (Å²) in [5, 5.41) is 11.2. The number of nitro groups is 1. The average Bonchev–Trinajstić information content (AvgIpc) is 3.30. The van der Waals surface area contributed by atoms with Crippen LogP contribution in [0.4, 0.5) is 5.69 Å². The van der Waals surface area contributed by atoms with Gasteiger partial charge in [0.1, 0.15) is 5.75 Å². The van der Waals surface area contributed by atoms with Gasteiger partial charge in [0.2, 0.25) is 0 Å². The Morgan fingerprint density at radius 3 is 2.46 bits per heavy atom. The molecule has 1 aliphatic carbocycles. The maximum atomic E-state index is 13.3. The second kappa shape index (κ2) is 5.72. The van der Waals surface area contributed by atoms with E-state index in [2.05, 4.69) is 0 Å². The SMILES string of the molecule is COC(=O)[C@]12C(=O)Oc3ccc([N+](=O)[O-])cc3[C@@H]1[C@@]2(C)C(=O)c1ccccc1. The molecule has 8 nitrogen and oxygen atoms in total. The molecule has 0 radical (unpaired) electrons. The van der Waals surface area contributed by atoms with Gasteiger partial charge in [-0.3, -0.25) is 24.5 Å². The first-order chi connectivity index (χ1) is 13.3. The van der Waals surface area contributed by atoms with Crippen LogP contribution in [0.15, 0.2) is 48.5 Å². The number of rotatable bonds is 4. The standard InChI is InChI=1S/C20H15NO7/c1-19(16(22)11-6-4-3-5-7-11)15-13-10-12(21(25)26)8-9-14(13)28-18(24)20(15,19)17(23)27-2/h3-10,15H,1-2H3/t15-,19+,20+/m1/s1. The second-order valence-corrected chi connectivity index (χ2v) is 7.00. The fourth-order valence-electron chi connectivity index (χ4n) is 4.42. The van der Waals surface area contributed by atoms with Crippen LogP contribution in [-0.2, 0) is 14.3 Å². The molecule has 1 aliphatic heterocycles. The van der Waals surface area contributed by atoms with Gasteiger partial charge in [-0.2, -0.15) is 0 Å². The van der Waals surface area contributed by atoms with E-state index in [4.69, 9.17) is 9.47 Å². The minimum atomic E-state index is -1.88. The molecule has 2 aromatic carbocycles. The van der Waals surface area contributed by atoms with E-state index in [1.807, 2.05) is 0 Å². The largest absolute Gasteiger partial charge is 0.468 e. The summed E-state index contributed by atoms with van der Waals surface area (Å²) >= 11 is 0. The van der Waals surface area contributed by atoms with Gasteiger partial charge in [0.15, 0.2) is 11.2 Å². The van der Waals surface area contributed by atoms with E-state index in [9.17, 15) is 24.5 Å². The Kier molecular flexibility index (Phi) is 3.65. The molecule has 142 valence electrons. The number of ether oxygens (including phenoxy) is 2. The van der Waals surface area contributed by atoms with Gasteiger partial charge in [0.25, 0.3) is 5.69 Å². The zero-order chi connectivity index (χ0) is 20.3. The third-order valence-corrected chi connectivity index (χ3v) is 5.80. The van der Waals surface area contributed by atoms with Crippen LogP contribution in [0.3, 0.4) is 0 Å². The molecule has 0 unspecified atom stereocenters. The van der Waals surface area contributed by atoms with Crippen LogP contribution in [-0.4, -0.2) is 29.8 Å². The van der Waals surface area contributed by atoms with E-state index in [-0.39, 0.29) is 17.0 Å². The molecule has 0 saturated heterocycles. The fraction of sp³-hybridized carbons (Fsp3) is 0.250. The number of hydrogen-bond acceptors (Lipinski definition) is 7. The van der Waals surface area contributed by atoms with Crippen molar-refractivity contribution in [2.24, 2.45) is 10.8 Å². The quantitative estimate of drug-likeness (QED) is 0.200. The van der Waals surface area contributed by atoms with E-state index < -0.39 is 39.4 Å². The van der Waals surface area contributed by atoms with Crippen molar-refractivity contribution in [3.63, 3.8) is 0 Å². The first-order valence-corrected chi connectivity index (χ1v) is 8.49. The fourth-order valence-corrected chi connectivity index (χ4v) is 4.42. The van der Waals surface area contributed by atoms with Crippen molar-refractivity contribution in [2.45, 2.75) is 12.8 Å². The lowest BCUT2D eigenvalue weighted by Crippen LogP contribution is -2.39. The van der Waals surface area contributed by atoms with Crippen molar-refractivity contribution in [2.75, 3.05) is 7.11 Å². The smallest absolute Gasteiger partial charge is 0.330 e. The highest BCUT2D eigenvalue weighted by molar-refractivity contribution is 6.20. The molecule has 28 heavy (non-hydrogen) atoms. The summed E-state index contributed by atoms with van der Waals surface area (Å²) in [5.74, 6) is -3.04. The van der Waals surface area contributed by atoms with Gasteiger partial charge < -0.3 is 9.47 Å². The number of esters is 2. The third kappa shape index (κ3) is 1.97. The summed E-state index contributed by atoms with van der Waals surface area (Å²) in [7, 11) is 1.12. The van der Waals surface area contributed by atoms with Crippen molar-refractivity contribution in [1.82, 2.24) is 0 Å². The summed E-state index contributed by atoms with van der Waals surface area (Å²) < 4.78 is 10.2. The molecule has 1 fully saturated rings. The van der Waals surface area contributed by atoms with E-state index >= 15 is 0 Å². The summed E-state index contributed by atoms with van der Waals surface area (Å²) in [4.78, 5) is 49.5. The molecule has 2 aromatic rings. The predicted molar refractivity (Wildman–Crippen MR) is 94.8 cm³/mol. The van der Waals surface area contributed by atoms with Crippen molar-refractivity contribution in [1.29, 1.82) is 0 Å². The van der Waals surface area contributed by atoms with Gasteiger partial charge >= 0.3 is 11.9 Å². The van der Waals surface area contributed by atoms with Crippen LogP contribution in [0.2, 0.25) is 0 Å². The van der Waals surface area contributed by atoms with E-state index in [1.54, 1.807) is 30.3 Å². The number of Topliss-reactive ketones (excluding diaryl/α,β-unsaturated/α-hetero) is 1. The van der Waals surface area contributed by atoms with Gasteiger partial charge in [0.05, 0.1) is 17.4 Å². The number of methoxy groups -OCH3 is 1. The highest BCUT2D eigenvalue weighted by Gasteiger charge is 2.89. The lowest BCUT2D eigenvalue weighted by molar-refractivity contribution is -0.385. The lowest BCUT2D eigenvalue weighted by atomic mass is 9.87. The molecule has 0 spiro atoms. The molecule has 0 N–H and O–H groups in total. The number of nitrogens with zero attached hydrogens (tertiary/aromatic N) is 1.